The van der Waals surface area contributed by atoms with Crippen molar-refractivity contribution in [2.75, 3.05) is 6.54 Å². The molecule has 2 fully saturated rings. The molecule has 0 saturated heterocycles. The number of hydrogen-bond acceptors (Lipinski definition) is 2. The summed E-state index contributed by atoms with van der Waals surface area (Å²) in [5, 5.41) is 0. The Balaban J connectivity index is 1.57. The third-order valence-corrected chi connectivity index (χ3v) is 4.70. The molecule has 2 N–H and O–H groups in total. The SMILES string of the molecule is NCCCC1CC1c1cn(C2CCCCC2)cn1. The van der Waals surface area contributed by atoms with Crippen LogP contribution in [0.15, 0.2) is 12.5 Å². The normalized spacial score (nSPS) is 28.5. The van der Waals surface area contributed by atoms with E-state index in [-0.39, 0.29) is 0 Å². The molecule has 18 heavy (non-hydrogen) atoms. The number of aromatic nitrogens is 2. The molecule has 3 heteroatoms. The van der Waals surface area contributed by atoms with E-state index in [0.717, 1.165) is 24.4 Å². The summed E-state index contributed by atoms with van der Waals surface area (Å²) in [5.41, 5.74) is 6.91. The largest absolute Gasteiger partial charge is 0.334 e. The quantitative estimate of drug-likeness (QED) is 0.868. The van der Waals surface area contributed by atoms with E-state index in [1.165, 1.54) is 57.1 Å². The van der Waals surface area contributed by atoms with Crippen molar-refractivity contribution in [1.82, 2.24) is 9.55 Å². The van der Waals surface area contributed by atoms with Crippen molar-refractivity contribution in [3.63, 3.8) is 0 Å². The van der Waals surface area contributed by atoms with E-state index in [4.69, 9.17) is 5.73 Å². The van der Waals surface area contributed by atoms with Gasteiger partial charge in [-0.05, 0) is 44.6 Å². The van der Waals surface area contributed by atoms with Crippen LogP contribution < -0.4 is 5.73 Å². The molecule has 2 atom stereocenters. The maximum Gasteiger partial charge on any atom is 0.0952 e. The molecule has 1 aromatic heterocycles. The van der Waals surface area contributed by atoms with Crippen LogP contribution in [-0.4, -0.2) is 16.1 Å². The van der Waals surface area contributed by atoms with Crippen LogP contribution in [0.25, 0.3) is 0 Å². The second kappa shape index (κ2) is 5.43. The summed E-state index contributed by atoms with van der Waals surface area (Å²) in [7, 11) is 0. The molecule has 0 amide bonds. The lowest BCUT2D eigenvalue weighted by molar-refractivity contribution is 0.353. The van der Waals surface area contributed by atoms with Crippen LogP contribution in [0.3, 0.4) is 0 Å². The lowest BCUT2D eigenvalue weighted by Crippen LogP contribution is -2.10. The Kier molecular flexibility index (Phi) is 3.69. The fourth-order valence-corrected chi connectivity index (χ4v) is 3.43. The standard InChI is InChI=1S/C15H25N3/c16-8-4-5-12-9-14(12)15-10-18(11-17-15)13-6-2-1-3-7-13/h10-14H,1-9,16H2. The third kappa shape index (κ3) is 2.61. The Morgan fingerprint density at radius 3 is 2.89 bits per heavy atom. The first-order valence-electron chi connectivity index (χ1n) is 7.62. The summed E-state index contributed by atoms with van der Waals surface area (Å²) in [5.74, 6) is 1.60. The monoisotopic (exact) mass is 247 g/mol. The second-order valence-corrected chi connectivity index (χ2v) is 6.07. The van der Waals surface area contributed by atoms with Crippen molar-refractivity contribution >= 4 is 0 Å². The number of imidazole rings is 1. The van der Waals surface area contributed by atoms with Crippen LogP contribution in [0.2, 0.25) is 0 Å². The zero-order chi connectivity index (χ0) is 12.4. The van der Waals surface area contributed by atoms with Gasteiger partial charge in [-0.3, -0.25) is 0 Å². The maximum atomic E-state index is 5.57. The molecule has 2 aliphatic rings. The van der Waals surface area contributed by atoms with Gasteiger partial charge >= 0.3 is 0 Å². The molecule has 1 heterocycles. The van der Waals surface area contributed by atoms with Gasteiger partial charge in [0.15, 0.2) is 0 Å². The van der Waals surface area contributed by atoms with Gasteiger partial charge in [0.2, 0.25) is 0 Å². The van der Waals surface area contributed by atoms with Gasteiger partial charge in [-0.2, -0.15) is 0 Å². The van der Waals surface area contributed by atoms with Gasteiger partial charge in [-0.15, -0.1) is 0 Å². The maximum absolute atomic E-state index is 5.57. The van der Waals surface area contributed by atoms with Gasteiger partial charge < -0.3 is 10.3 Å². The Morgan fingerprint density at radius 2 is 2.11 bits per heavy atom. The van der Waals surface area contributed by atoms with Crippen molar-refractivity contribution < 1.29 is 0 Å². The van der Waals surface area contributed by atoms with Gasteiger partial charge in [-0.1, -0.05) is 19.3 Å². The van der Waals surface area contributed by atoms with Crippen molar-refractivity contribution in [2.45, 2.75) is 63.3 Å². The number of hydrogen-bond donors (Lipinski definition) is 1. The summed E-state index contributed by atoms with van der Waals surface area (Å²) >= 11 is 0. The number of rotatable bonds is 5. The molecule has 3 rings (SSSR count). The highest BCUT2D eigenvalue weighted by Gasteiger charge is 2.39. The first kappa shape index (κ1) is 12.2. The van der Waals surface area contributed by atoms with Crippen LogP contribution in [0.4, 0.5) is 0 Å². The fraction of sp³-hybridized carbons (Fsp3) is 0.800. The zero-order valence-electron chi connectivity index (χ0n) is 11.2. The van der Waals surface area contributed by atoms with Crippen molar-refractivity contribution in [2.24, 2.45) is 11.7 Å². The number of nitrogens with two attached hydrogens (primary N) is 1. The predicted molar refractivity (Wildman–Crippen MR) is 73.5 cm³/mol. The summed E-state index contributed by atoms with van der Waals surface area (Å²) in [6, 6.07) is 0.723. The molecule has 100 valence electrons. The Labute approximate surface area is 110 Å². The smallest absolute Gasteiger partial charge is 0.0952 e. The second-order valence-electron chi connectivity index (χ2n) is 6.07. The Bertz CT molecular complexity index is 379. The average Bonchev–Trinajstić information content (AvgIpc) is 3.03. The summed E-state index contributed by atoms with van der Waals surface area (Å²) in [6.07, 6.45) is 15.1. The average molecular weight is 247 g/mol. The molecular weight excluding hydrogens is 222 g/mol. The minimum Gasteiger partial charge on any atom is -0.334 e. The number of nitrogens with zero attached hydrogens (tertiary/aromatic N) is 2. The molecule has 0 aromatic carbocycles. The minimum absolute atomic E-state index is 0.723. The summed E-state index contributed by atoms with van der Waals surface area (Å²) in [4.78, 5) is 4.64. The molecule has 0 radical (unpaired) electrons. The summed E-state index contributed by atoms with van der Waals surface area (Å²) < 4.78 is 2.38. The third-order valence-electron chi connectivity index (χ3n) is 4.70. The highest BCUT2D eigenvalue weighted by molar-refractivity contribution is 5.15. The predicted octanol–water partition coefficient (Wildman–Crippen LogP) is 3.23. The van der Waals surface area contributed by atoms with Crippen LogP contribution in [-0.2, 0) is 0 Å². The molecule has 0 spiro atoms. The molecule has 1 aromatic rings. The lowest BCUT2D eigenvalue weighted by atomic mass is 9.95. The highest BCUT2D eigenvalue weighted by Crippen LogP contribution is 2.49. The van der Waals surface area contributed by atoms with Crippen LogP contribution in [0.5, 0.6) is 0 Å². The van der Waals surface area contributed by atoms with E-state index in [2.05, 4.69) is 22.1 Å². The lowest BCUT2D eigenvalue weighted by Gasteiger charge is -2.22. The first-order chi connectivity index (χ1) is 8.88. The van der Waals surface area contributed by atoms with Gasteiger partial charge in [0.1, 0.15) is 0 Å². The molecular formula is C15H25N3. The van der Waals surface area contributed by atoms with Crippen molar-refractivity contribution in [3.8, 4) is 0 Å². The zero-order valence-corrected chi connectivity index (χ0v) is 11.2. The van der Waals surface area contributed by atoms with Crippen molar-refractivity contribution in [3.05, 3.63) is 18.2 Å². The van der Waals surface area contributed by atoms with Crippen LogP contribution in [0.1, 0.15) is 69.0 Å². The molecule has 0 aliphatic heterocycles. The van der Waals surface area contributed by atoms with Gasteiger partial charge in [-0.25, -0.2) is 4.98 Å². The van der Waals surface area contributed by atoms with Crippen molar-refractivity contribution in [1.29, 1.82) is 0 Å². The highest BCUT2D eigenvalue weighted by atomic mass is 15.1. The topological polar surface area (TPSA) is 43.8 Å². The van der Waals surface area contributed by atoms with Crippen LogP contribution in [0, 0.1) is 5.92 Å². The molecule has 0 bridgehead atoms. The molecule has 2 unspecified atom stereocenters. The molecule has 2 saturated carbocycles. The van der Waals surface area contributed by atoms with E-state index < -0.39 is 0 Å². The van der Waals surface area contributed by atoms with E-state index in [1.807, 2.05) is 0 Å². The fourth-order valence-electron chi connectivity index (χ4n) is 3.43. The van der Waals surface area contributed by atoms with E-state index in [1.54, 1.807) is 0 Å². The van der Waals surface area contributed by atoms with Crippen LogP contribution >= 0.6 is 0 Å². The van der Waals surface area contributed by atoms with Gasteiger partial charge in [0, 0.05) is 18.2 Å². The minimum atomic E-state index is 0.723. The first-order valence-corrected chi connectivity index (χ1v) is 7.62. The Morgan fingerprint density at radius 1 is 1.28 bits per heavy atom. The van der Waals surface area contributed by atoms with E-state index in [0.29, 0.717) is 0 Å². The van der Waals surface area contributed by atoms with Gasteiger partial charge in [0.25, 0.3) is 0 Å². The Hall–Kier alpha value is -0.830. The molecule has 3 nitrogen and oxygen atoms in total. The van der Waals surface area contributed by atoms with Gasteiger partial charge in [0.05, 0.1) is 12.0 Å². The van der Waals surface area contributed by atoms with E-state index in [9.17, 15) is 0 Å². The molecule has 2 aliphatic carbocycles. The van der Waals surface area contributed by atoms with E-state index >= 15 is 0 Å². The summed E-state index contributed by atoms with van der Waals surface area (Å²) in [6.45, 7) is 0.833.